The molecule has 5 heteroatoms. The summed E-state index contributed by atoms with van der Waals surface area (Å²) in [6.45, 7) is 5.39. The number of ether oxygens (including phenoxy) is 1. The van der Waals surface area contributed by atoms with Gasteiger partial charge in [-0.2, -0.15) is 0 Å². The van der Waals surface area contributed by atoms with Crippen molar-refractivity contribution in [2.24, 2.45) is 0 Å². The molecule has 0 aromatic carbocycles. The van der Waals surface area contributed by atoms with E-state index in [4.69, 9.17) is 4.74 Å². The van der Waals surface area contributed by atoms with Crippen LogP contribution in [-0.4, -0.2) is 49.7 Å². The number of pyridine rings is 1. The van der Waals surface area contributed by atoms with Gasteiger partial charge in [0.15, 0.2) is 0 Å². The van der Waals surface area contributed by atoms with Gasteiger partial charge in [0, 0.05) is 25.7 Å². The third kappa shape index (κ3) is 2.72. The molecular weight excluding hydrogens is 282 g/mol. The summed E-state index contributed by atoms with van der Waals surface area (Å²) in [6.07, 6.45) is 0. The van der Waals surface area contributed by atoms with Gasteiger partial charge in [0.2, 0.25) is 5.88 Å². The van der Waals surface area contributed by atoms with Crippen molar-refractivity contribution < 1.29 is 4.74 Å². The number of rotatable bonds is 2. The van der Waals surface area contributed by atoms with E-state index in [-0.39, 0.29) is 0 Å². The number of aromatic nitrogens is 1. The molecule has 1 aromatic heterocycles. The van der Waals surface area contributed by atoms with Crippen LogP contribution in [0.25, 0.3) is 0 Å². The Morgan fingerprint density at radius 1 is 1.41 bits per heavy atom. The van der Waals surface area contributed by atoms with E-state index in [1.807, 2.05) is 6.07 Å². The van der Waals surface area contributed by atoms with Gasteiger partial charge >= 0.3 is 0 Å². The number of hydrogen-bond acceptors (Lipinski definition) is 4. The summed E-state index contributed by atoms with van der Waals surface area (Å²) in [4.78, 5) is 9.07. The van der Waals surface area contributed by atoms with Crippen LogP contribution >= 0.6 is 15.9 Å². The Balaban J connectivity index is 2.27. The summed E-state index contributed by atoms with van der Waals surface area (Å²) >= 11 is 3.37. The van der Waals surface area contributed by atoms with Gasteiger partial charge in [0.1, 0.15) is 10.3 Å². The molecule has 2 heterocycles. The molecule has 0 unspecified atom stereocenters. The molecule has 1 atom stereocenters. The standard InChI is InChI=1S/C12H18BrN3O/c1-9-8-15(2)6-7-16(9)10-4-5-11(13)14-12(10)17-3/h4-5,9H,6-8H2,1-3H3/t9-/m0/s1. The Bertz CT molecular complexity index is 399. The molecule has 0 amide bonds. The van der Waals surface area contributed by atoms with Crippen molar-refractivity contribution in [3.8, 4) is 5.88 Å². The highest BCUT2D eigenvalue weighted by Crippen LogP contribution is 2.30. The summed E-state index contributed by atoms with van der Waals surface area (Å²) < 4.78 is 6.16. The second-order valence-corrected chi connectivity index (χ2v) is 5.28. The molecule has 0 radical (unpaired) electrons. The van der Waals surface area contributed by atoms with E-state index in [9.17, 15) is 0 Å². The number of methoxy groups -OCH3 is 1. The first-order chi connectivity index (χ1) is 8.11. The topological polar surface area (TPSA) is 28.6 Å². The van der Waals surface area contributed by atoms with Gasteiger partial charge in [-0.1, -0.05) is 0 Å². The molecule has 0 spiro atoms. The second-order valence-electron chi connectivity index (χ2n) is 4.47. The van der Waals surface area contributed by atoms with Crippen molar-refractivity contribution in [2.75, 3.05) is 38.7 Å². The zero-order chi connectivity index (χ0) is 12.4. The predicted octanol–water partition coefficient (Wildman–Crippen LogP) is 1.99. The summed E-state index contributed by atoms with van der Waals surface area (Å²) in [5.41, 5.74) is 1.08. The average Bonchev–Trinajstić information content (AvgIpc) is 2.30. The normalized spacial score (nSPS) is 21.6. The Kier molecular flexibility index (Phi) is 3.89. The molecule has 1 fully saturated rings. The molecule has 0 bridgehead atoms. The smallest absolute Gasteiger partial charge is 0.238 e. The largest absolute Gasteiger partial charge is 0.479 e. The van der Waals surface area contributed by atoms with Crippen molar-refractivity contribution >= 4 is 21.6 Å². The van der Waals surface area contributed by atoms with E-state index in [2.05, 4.69) is 50.8 Å². The van der Waals surface area contributed by atoms with Crippen molar-refractivity contribution in [3.63, 3.8) is 0 Å². The third-order valence-electron chi connectivity index (χ3n) is 3.14. The Morgan fingerprint density at radius 3 is 2.82 bits per heavy atom. The minimum atomic E-state index is 0.477. The highest BCUT2D eigenvalue weighted by Gasteiger charge is 2.24. The van der Waals surface area contributed by atoms with Gasteiger partial charge in [0.05, 0.1) is 7.11 Å². The molecule has 17 heavy (non-hydrogen) atoms. The Hall–Kier alpha value is -0.810. The molecule has 1 aliphatic heterocycles. The molecule has 1 saturated heterocycles. The van der Waals surface area contributed by atoms with Crippen molar-refractivity contribution in [2.45, 2.75) is 13.0 Å². The van der Waals surface area contributed by atoms with Gasteiger partial charge in [-0.15, -0.1) is 0 Å². The van der Waals surface area contributed by atoms with E-state index >= 15 is 0 Å². The molecule has 1 aromatic rings. The molecule has 0 N–H and O–H groups in total. The first kappa shape index (κ1) is 12.6. The van der Waals surface area contributed by atoms with Crippen LogP contribution in [0.15, 0.2) is 16.7 Å². The lowest BCUT2D eigenvalue weighted by molar-refractivity contribution is 0.273. The van der Waals surface area contributed by atoms with Crippen molar-refractivity contribution in [1.29, 1.82) is 0 Å². The fourth-order valence-electron chi connectivity index (χ4n) is 2.28. The highest BCUT2D eigenvalue weighted by atomic mass is 79.9. The zero-order valence-electron chi connectivity index (χ0n) is 10.5. The molecule has 1 aliphatic rings. The number of halogens is 1. The van der Waals surface area contributed by atoms with Crippen LogP contribution in [0.5, 0.6) is 5.88 Å². The van der Waals surface area contributed by atoms with Crippen LogP contribution < -0.4 is 9.64 Å². The minimum absolute atomic E-state index is 0.477. The van der Waals surface area contributed by atoms with E-state index in [0.29, 0.717) is 11.9 Å². The predicted molar refractivity (Wildman–Crippen MR) is 72.8 cm³/mol. The van der Waals surface area contributed by atoms with Crippen LogP contribution in [0.2, 0.25) is 0 Å². The van der Waals surface area contributed by atoms with E-state index in [1.54, 1.807) is 7.11 Å². The lowest BCUT2D eigenvalue weighted by Crippen LogP contribution is -2.50. The lowest BCUT2D eigenvalue weighted by atomic mass is 10.2. The number of nitrogens with zero attached hydrogens (tertiary/aromatic N) is 3. The number of likely N-dealkylation sites (N-methyl/N-ethyl adjacent to an activating group) is 1. The summed E-state index contributed by atoms with van der Waals surface area (Å²) in [6, 6.07) is 4.51. The van der Waals surface area contributed by atoms with Crippen LogP contribution in [-0.2, 0) is 0 Å². The highest BCUT2D eigenvalue weighted by molar-refractivity contribution is 9.10. The Labute approximate surface area is 111 Å². The van der Waals surface area contributed by atoms with Gasteiger partial charge in [-0.25, -0.2) is 4.98 Å². The van der Waals surface area contributed by atoms with Crippen molar-refractivity contribution in [3.05, 3.63) is 16.7 Å². The van der Waals surface area contributed by atoms with Crippen LogP contribution in [0.4, 0.5) is 5.69 Å². The van der Waals surface area contributed by atoms with E-state index in [0.717, 1.165) is 29.9 Å². The van der Waals surface area contributed by atoms with Crippen LogP contribution in [0, 0.1) is 0 Å². The van der Waals surface area contributed by atoms with Gasteiger partial charge in [0.25, 0.3) is 0 Å². The maximum atomic E-state index is 5.36. The molecule has 4 nitrogen and oxygen atoms in total. The molecular formula is C12H18BrN3O. The summed E-state index contributed by atoms with van der Waals surface area (Å²) in [5.74, 6) is 0.691. The quantitative estimate of drug-likeness (QED) is 0.781. The van der Waals surface area contributed by atoms with Gasteiger partial charge in [-0.3, -0.25) is 0 Å². The fourth-order valence-corrected chi connectivity index (χ4v) is 2.57. The van der Waals surface area contributed by atoms with Crippen LogP contribution in [0.3, 0.4) is 0 Å². The maximum Gasteiger partial charge on any atom is 0.238 e. The molecule has 0 saturated carbocycles. The zero-order valence-corrected chi connectivity index (χ0v) is 12.1. The second kappa shape index (κ2) is 5.23. The molecule has 2 rings (SSSR count). The van der Waals surface area contributed by atoms with E-state index < -0.39 is 0 Å². The maximum absolute atomic E-state index is 5.36. The van der Waals surface area contributed by atoms with Gasteiger partial charge < -0.3 is 14.5 Å². The van der Waals surface area contributed by atoms with E-state index in [1.165, 1.54) is 0 Å². The SMILES string of the molecule is COc1nc(Br)ccc1N1CCN(C)C[C@@H]1C. The summed E-state index contributed by atoms with van der Waals surface area (Å²) in [5, 5.41) is 0. The molecule has 94 valence electrons. The fraction of sp³-hybridized carbons (Fsp3) is 0.583. The number of anilines is 1. The minimum Gasteiger partial charge on any atom is -0.479 e. The first-order valence-electron chi connectivity index (χ1n) is 5.77. The third-order valence-corrected chi connectivity index (χ3v) is 3.58. The monoisotopic (exact) mass is 299 g/mol. The summed E-state index contributed by atoms with van der Waals surface area (Å²) in [7, 11) is 3.82. The number of hydrogen-bond donors (Lipinski definition) is 0. The number of piperazine rings is 1. The molecule has 0 aliphatic carbocycles. The first-order valence-corrected chi connectivity index (χ1v) is 6.57. The van der Waals surface area contributed by atoms with Crippen molar-refractivity contribution in [1.82, 2.24) is 9.88 Å². The van der Waals surface area contributed by atoms with Crippen LogP contribution in [0.1, 0.15) is 6.92 Å². The lowest BCUT2D eigenvalue weighted by Gasteiger charge is -2.39. The van der Waals surface area contributed by atoms with Gasteiger partial charge in [-0.05, 0) is 42.0 Å². The Morgan fingerprint density at radius 2 is 2.18 bits per heavy atom. The average molecular weight is 300 g/mol.